The van der Waals surface area contributed by atoms with Crippen molar-refractivity contribution in [2.24, 2.45) is 10.8 Å². The van der Waals surface area contributed by atoms with Crippen molar-refractivity contribution < 1.29 is 15.3 Å². The van der Waals surface area contributed by atoms with Gasteiger partial charge < -0.3 is 15.3 Å². The van der Waals surface area contributed by atoms with E-state index in [1.807, 2.05) is 6.92 Å². The summed E-state index contributed by atoms with van der Waals surface area (Å²) in [6, 6.07) is 0. The van der Waals surface area contributed by atoms with Crippen molar-refractivity contribution in [3.05, 3.63) is 0 Å². The quantitative estimate of drug-likeness (QED) is 0.531. The van der Waals surface area contributed by atoms with Gasteiger partial charge in [-0.05, 0) is 18.3 Å². The van der Waals surface area contributed by atoms with Gasteiger partial charge in [0.1, 0.15) is 0 Å². The first kappa shape index (κ1) is 8.97. The van der Waals surface area contributed by atoms with Gasteiger partial charge in [0.15, 0.2) is 0 Å². The highest BCUT2D eigenvalue weighted by Gasteiger charge is 2.54. The SMILES string of the molecule is CC1(C(CO)(CO)CO)CC1. The van der Waals surface area contributed by atoms with Crippen LogP contribution < -0.4 is 0 Å². The molecule has 0 bridgehead atoms. The fourth-order valence-corrected chi connectivity index (χ4v) is 1.44. The third kappa shape index (κ3) is 1.17. The van der Waals surface area contributed by atoms with Crippen molar-refractivity contribution in [3.8, 4) is 0 Å². The van der Waals surface area contributed by atoms with E-state index in [-0.39, 0.29) is 25.2 Å². The molecule has 1 aliphatic carbocycles. The van der Waals surface area contributed by atoms with Gasteiger partial charge in [0.05, 0.1) is 19.8 Å². The lowest BCUT2D eigenvalue weighted by molar-refractivity contribution is -0.0438. The first-order valence-electron chi connectivity index (χ1n) is 3.97. The Labute approximate surface area is 66.7 Å². The third-order valence-electron chi connectivity index (χ3n) is 3.19. The van der Waals surface area contributed by atoms with Crippen molar-refractivity contribution in [3.63, 3.8) is 0 Å². The van der Waals surface area contributed by atoms with Gasteiger partial charge in [0.25, 0.3) is 0 Å². The summed E-state index contributed by atoms with van der Waals surface area (Å²) in [6.45, 7) is 1.61. The number of rotatable bonds is 4. The van der Waals surface area contributed by atoms with Crippen LogP contribution in [0, 0.1) is 10.8 Å². The molecule has 0 aromatic carbocycles. The molecule has 1 aliphatic rings. The van der Waals surface area contributed by atoms with Crippen LogP contribution in [-0.4, -0.2) is 35.1 Å². The molecule has 0 spiro atoms. The third-order valence-corrected chi connectivity index (χ3v) is 3.19. The maximum absolute atomic E-state index is 9.03. The lowest BCUT2D eigenvalue weighted by Gasteiger charge is -2.34. The summed E-state index contributed by atoms with van der Waals surface area (Å²) in [5.74, 6) is 0. The van der Waals surface area contributed by atoms with Crippen molar-refractivity contribution >= 4 is 0 Å². The monoisotopic (exact) mass is 160 g/mol. The van der Waals surface area contributed by atoms with Gasteiger partial charge in [-0.15, -0.1) is 0 Å². The van der Waals surface area contributed by atoms with E-state index >= 15 is 0 Å². The Morgan fingerprint density at radius 2 is 1.45 bits per heavy atom. The van der Waals surface area contributed by atoms with E-state index in [9.17, 15) is 0 Å². The van der Waals surface area contributed by atoms with Crippen LogP contribution in [-0.2, 0) is 0 Å². The molecule has 3 nitrogen and oxygen atoms in total. The smallest absolute Gasteiger partial charge is 0.0536 e. The first-order chi connectivity index (χ1) is 5.14. The molecule has 0 amide bonds. The van der Waals surface area contributed by atoms with Gasteiger partial charge in [0.2, 0.25) is 0 Å². The Balaban J connectivity index is 2.71. The minimum absolute atomic E-state index is 0.0365. The van der Waals surface area contributed by atoms with Crippen LogP contribution in [0.1, 0.15) is 19.8 Å². The Kier molecular flexibility index (Phi) is 2.23. The molecule has 11 heavy (non-hydrogen) atoms. The number of hydrogen-bond acceptors (Lipinski definition) is 3. The largest absolute Gasteiger partial charge is 0.396 e. The van der Waals surface area contributed by atoms with Crippen molar-refractivity contribution in [2.45, 2.75) is 19.8 Å². The van der Waals surface area contributed by atoms with Crippen LogP contribution >= 0.6 is 0 Å². The highest BCUT2D eigenvalue weighted by atomic mass is 16.3. The Morgan fingerprint density at radius 3 is 1.55 bits per heavy atom. The van der Waals surface area contributed by atoms with E-state index in [2.05, 4.69) is 0 Å². The molecular weight excluding hydrogens is 144 g/mol. The van der Waals surface area contributed by atoms with Crippen LogP contribution in [0.4, 0.5) is 0 Å². The van der Waals surface area contributed by atoms with Crippen molar-refractivity contribution in [2.75, 3.05) is 19.8 Å². The Morgan fingerprint density at radius 1 is 1.09 bits per heavy atom. The summed E-state index contributed by atoms with van der Waals surface area (Å²) in [7, 11) is 0. The zero-order valence-corrected chi connectivity index (χ0v) is 6.88. The molecule has 1 saturated carbocycles. The second-order valence-electron chi connectivity index (χ2n) is 3.82. The van der Waals surface area contributed by atoms with E-state index in [0.29, 0.717) is 0 Å². The molecule has 0 aliphatic heterocycles. The predicted molar refractivity (Wildman–Crippen MR) is 41.0 cm³/mol. The molecule has 0 saturated heterocycles. The van der Waals surface area contributed by atoms with Crippen LogP contribution in [0.5, 0.6) is 0 Å². The summed E-state index contributed by atoms with van der Waals surface area (Å²) < 4.78 is 0. The second kappa shape index (κ2) is 2.73. The van der Waals surface area contributed by atoms with Gasteiger partial charge in [-0.2, -0.15) is 0 Å². The fraction of sp³-hybridized carbons (Fsp3) is 1.00. The van der Waals surface area contributed by atoms with Crippen LogP contribution in [0.25, 0.3) is 0 Å². The molecule has 3 heteroatoms. The molecular formula is C8H16O3. The molecule has 66 valence electrons. The second-order valence-corrected chi connectivity index (χ2v) is 3.82. The Hall–Kier alpha value is -0.120. The lowest BCUT2D eigenvalue weighted by Crippen LogP contribution is -2.41. The molecule has 0 radical (unpaired) electrons. The maximum atomic E-state index is 9.03. The summed E-state index contributed by atoms with van der Waals surface area (Å²) in [5, 5.41) is 27.1. The van der Waals surface area contributed by atoms with E-state index in [1.54, 1.807) is 0 Å². The van der Waals surface area contributed by atoms with Crippen LogP contribution in [0.15, 0.2) is 0 Å². The lowest BCUT2D eigenvalue weighted by atomic mass is 9.75. The molecule has 0 unspecified atom stereocenters. The van der Waals surface area contributed by atoms with E-state index < -0.39 is 5.41 Å². The summed E-state index contributed by atoms with van der Waals surface area (Å²) >= 11 is 0. The molecule has 0 heterocycles. The van der Waals surface area contributed by atoms with Gasteiger partial charge in [-0.1, -0.05) is 6.92 Å². The van der Waals surface area contributed by atoms with Crippen LogP contribution in [0.2, 0.25) is 0 Å². The van der Waals surface area contributed by atoms with E-state index in [4.69, 9.17) is 15.3 Å². The number of aliphatic hydroxyl groups is 3. The van der Waals surface area contributed by atoms with Crippen molar-refractivity contribution in [1.29, 1.82) is 0 Å². The Bertz CT molecular complexity index is 128. The molecule has 0 aromatic rings. The number of aliphatic hydroxyl groups excluding tert-OH is 3. The van der Waals surface area contributed by atoms with Gasteiger partial charge in [-0.3, -0.25) is 0 Å². The van der Waals surface area contributed by atoms with E-state index in [1.165, 1.54) is 0 Å². The fourth-order valence-electron chi connectivity index (χ4n) is 1.44. The molecule has 3 N–H and O–H groups in total. The maximum Gasteiger partial charge on any atom is 0.0536 e. The average molecular weight is 160 g/mol. The highest BCUT2D eigenvalue weighted by Crippen LogP contribution is 2.57. The van der Waals surface area contributed by atoms with Crippen molar-refractivity contribution in [1.82, 2.24) is 0 Å². The molecule has 0 aromatic heterocycles. The van der Waals surface area contributed by atoms with Crippen LogP contribution in [0.3, 0.4) is 0 Å². The minimum Gasteiger partial charge on any atom is -0.396 e. The summed E-state index contributed by atoms with van der Waals surface area (Å²) in [5.41, 5.74) is -0.696. The van der Waals surface area contributed by atoms with Gasteiger partial charge in [0, 0.05) is 5.41 Å². The summed E-state index contributed by atoms with van der Waals surface area (Å²) in [4.78, 5) is 0. The summed E-state index contributed by atoms with van der Waals surface area (Å²) in [6.07, 6.45) is 1.99. The van der Waals surface area contributed by atoms with Gasteiger partial charge in [-0.25, -0.2) is 0 Å². The van der Waals surface area contributed by atoms with Gasteiger partial charge >= 0.3 is 0 Å². The molecule has 0 atom stereocenters. The first-order valence-corrected chi connectivity index (χ1v) is 3.97. The zero-order chi connectivity index (χ0) is 8.54. The topological polar surface area (TPSA) is 60.7 Å². The normalized spacial score (nSPS) is 21.8. The highest BCUT2D eigenvalue weighted by molar-refractivity contribution is 5.03. The van der Waals surface area contributed by atoms with E-state index in [0.717, 1.165) is 12.8 Å². The molecule has 1 rings (SSSR count). The number of hydrogen-bond donors (Lipinski definition) is 3. The molecule has 1 fully saturated rings. The standard InChI is InChI=1S/C8H16O3/c1-7(2-3-7)8(4-9,5-10)6-11/h9-11H,2-6H2,1H3. The predicted octanol–water partition coefficient (Wildman–Crippen LogP) is -0.250. The minimum atomic E-state index is -0.660. The zero-order valence-electron chi connectivity index (χ0n) is 6.88. The average Bonchev–Trinajstić information content (AvgIpc) is 2.74.